The molecule has 18 aromatic rings. The van der Waals surface area contributed by atoms with Crippen LogP contribution in [0, 0.1) is 56.7 Å². The Morgan fingerprint density at radius 1 is 0.252 bits per heavy atom. The number of alkyl halides is 3. The van der Waals surface area contributed by atoms with Crippen LogP contribution in [-0.4, -0.2) is 19.9 Å². The molecule has 4 aromatic heterocycles. The molecule has 0 saturated carbocycles. The fraction of sp³-hybridized carbons (Fsp3) is 0.0370. The Morgan fingerprint density at radius 2 is 0.597 bits per heavy atom. The number of nitrogens with zero attached hydrogens (tertiary/aromatic N) is 4. The molecule has 0 saturated heterocycles. The van der Waals surface area contributed by atoms with Crippen LogP contribution in [0.3, 0.4) is 0 Å². The van der Waals surface area contributed by atoms with Crippen LogP contribution in [0.1, 0.15) is 22.3 Å². The molecule has 14 aromatic carbocycles. The summed E-state index contributed by atoms with van der Waals surface area (Å²) in [6.45, 7) is 5.65. The molecule has 0 spiro atoms. The smallest absolute Gasteiger partial charge is 0.304 e. The van der Waals surface area contributed by atoms with Crippen molar-refractivity contribution in [3.63, 3.8) is 0 Å². The fourth-order valence-corrected chi connectivity index (χ4v) is 15.2. The van der Waals surface area contributed by atoms with E-state index in [4.69, 9.17) is 9.97 Å². The Hall–Kier alpha value is -13.4. The Morgan fingerprint density at radius 3 is 0.975 bits per heavy atom. The second-order valence-corrected chi connectivity index (χ2v) is 28.8. The standard InChI is InChI=1S/C54H35F3N2.C54H36F2N2.2Ir/c1-36-30-43(47-17-9-8-16-46(47)42-26-29-52(58-34-42)41-24-27-45(28-25-41)54(55,56)57)32-44(31-36)48-18-10-11-19-49(48)51-35-59-53(40-14-6-3-7-15-40)33-50(51)39-22-20-38(21-23-39)37-12-4-2-5-13-37;1-35-29-42(45-18-10-9-17-44(45)41-25-28-52(57-33-41)48-26-27-51(55)36(2)54(48)56)31-43(30-35)46-19-11-12-20-47(46)50-34-58-53(40-15-7-4-8-16-40)32-49(50)39-23-21-38(22-24-39)37-13-5-3-6-14-37;;/h2-14,16-24,26-35H,1H3;3-15,17-25,27-34H,1-2H3;;/q2*-2;;. The van der Waals surface area contributed by atoms with Crippen molar-refractivity contribution in [2.75, 3.05) is 0 Å². The van der Waals surface area contributed by atoms with Crippen LogP contribution in [0.15, 0.2) is 377 Å². The van der Waals surface area contributed by atoms with Crippen LogP contribution in [0.2, 0.25) is 0 Å². The van der Waals surface area contributed by atoms with Gasteiger partial charge in [-0.25, -0.2) is 0 Å². The van der Waals surface area contributed by atoms with Crippen molar-refractivity contribution in [2.45, 2.75) is 26.9 Å². The quantitative estimate of drug-likeness (QED) is 0.0715. The molecule has 0 atom stereocenters. The maximum Gasteiger partial charge on any atom is 0.381 e. The molecule has 0 aliphatic rings. The number of hydrogen-bond acceptors (Lipinski definition) is 4. The average molecular weight is 1900 g/mol. The molecule has 4 nitrogen and oxygen atoms in total. The molecule has 4 heterocycles. The molecule has 580 valence electrons. The molecule has 0 bridgehead atoms. The van der Waals surface area contributed by atoms with Gasteiger partial charge >= 0.3 is 6.18 Å². The van der Waals surface area contributed by atoms with Gasteiger partial charge in [0.1, 0.15) is 0 Å². The predicted octanol–water partition coefficient (Wildman–Crippen LogP) is 29.0. The van der Waals surface area contributed by atoms with Crippen molar-refractivity contribution in [1.29, 1.82) is 0 Å². The minimum Gasteiger partial charge on any atom is -0.304 e. The zero-order valence-electron chi connectivity index (χ0n) is 64.6. The van der Waals surface area contributed by atoms with E-state index in [1.807, 2.05) is 116 Å². The van der Waals surface area contributed by atoms with Crippen LogP contribution in [0.5, 0.6) is 0 Å². The van der Waals surface area contributed by atoms with Gasteiger partial charge in [0.15, 0.2) is 0 Å². The van der Waals surface area contributed by atoms with E-state index in [-0.39, 0.29) is 51.3 Å². The van der Waals surface area contributed by atoms with Gasteiger partial charge in [-0.05, 0) is 188 Å². The number of hydrogen-bond donors (Lipinski definition) is 0. The van der Waals surface area contributed by atoms with Crippen LogP contribution in [0.4, 0.5) is 22.0 Å². The van der Waals surface area contributed by atoms with Gasteiger partial charge in [0.05, 0.1) is 0 Å². The summed E-state index contributed by atoms with van der Waals surface area (Å²) in [4.78, 5) is 19.2. The van der Waals surface area contributed by atoms with E-state index in [9.17, 15) is 22.0 Å². The molecule has 0 unspecified atom stereocenters. The van der Waals surface area contributed by atoms with E-state index in [0.717, 1.165) is 174 Å². The number of halogens is 5. The first-order valence-electron chi connectivity index (χ1n) is 38.5. The van der Waals surface area contributed by atoms with Crippen molar-refractivity contribution in [3.05, 3.63) is 435 Å². The largest absolute Gasteiger partial charge is 0.381 e. The van der Waals surface area contributed by atoms with Crippen molar-refractivity contribution in [2.24, 2.45) is 0 Å². The Kier molecular flexibility index (Phi) is 24.5. The van der Waals surface area contributed by atoms with Gasteiger partial charge in [-0.15, -0.1) is 114 Å². The maximum absolute atomic E-state index is 15.0. The number of pyridine rings is 4. The summed E-state index contributed by atoms with van der Waals surface area (Å²) >= 11 is 0. The molecule has 0 N–H and O–H groups in total. The first-order valence-corrected chi connectivity index (χ1v) is 38.5. The van der Waals surface area contributed by atoms with E-state index < -0.39 is 23.4 Å². The minimum absolute atomic E-state index is 0. The first-order chi connectivity index (χ1) is 57.2. The zero-order valence-corrected chi connectivity index (χ0v) is 69.4. The van der Waals surface area contributed by atoms with Crippen LogP contribution in [-0.2, 0) is 46.4 Å². The summed E-state index contributed by atoms with van der Waals surface area (Å²) in [5, 5.41) is 0. The zero-order chi connectivity index (χ0) is 79.9. The van der Waals surface area contributed by atoms with E-state index in [2.05, 4.69) is 266 Å². The molecule has 119 heavy (non-hydrogen) atoms. The topological polar surface area (TPSA) is 51.6 Å². The third-order valence-corrected chi connectivity index (χ3v) is 21.1. The summed E-state index contributed by atoms with van der Waals surface area (Å²) in [6, 6.07) is 129. The summed E-state index contributed by atoms with van der Waals surface area (Å²) in [5.41, 5.74) is 32.1. The third kappa shape index (κ3) is 17.7. The SMILES string of the molecule is Cc1cc(-c2ccccc2-c2ccc(-c3[c-]cc(C(F)(F)F)cc3)nc2)cc(-c2ccccc2-c2cnc(-c3[c-]cccc3)cc2-c2ccc(-c3ccccc3)cc2)c1.Cc1cc(-c2ccccc2-c2ccc(-c3[c-]cc(F)c(C)c3F)nc2)cc(-c2ccccc2-c2cnc(-c3[c-]cccc3)cc2-c2ccc(-c3ccccc3)cc2)c1.[Ir].[Ir]. The normalized spacial score (nSPS) is 11.1. The van der Waals surface area contributed by atoms with Gasteiger partial charge in [0.2, 0.25) is 0 Å². The third-order valence-electron chi connectivity index (χ3n) is 21.1. The molecular formula is C108H71F5Ir2N4-4. The molecule has 18 rings (SSSR count). The second-order valence-electron chi connectivity index (χ2n) is 28.8. The molecule has 11 heteroatoms. The van der Waals surface area contributed by atoms with Crippen LogP contribution >= 0.6 is 0 Å². The summed E-state index contributed by atoms with van der Waals surface area (Å²) in [5.74, 6) is -1.28. The van der Waals surface area contributed by atoms with Crippen molar-refractivity contribution >= 4 is 0 Å². The van der Waals surface area contributed by atoms with Gasteiger partial charge in [-0.1, -0.05) is 285 Å². The molecule has 0 fully saturated rings. The number of aromatic nitrogens is 4. The van der Waals surface area contributed by atoms with E-state index in [0.29, 0.717) is 17.0 Å². The minimum atomic E-state index is -4.42. The van der Waals surface area contributed by atoms with Gasteiger partial charge in [-0.2, -0.15) is 13.2 Å². The Balaban J connectivity index is 0.000000183. The van der Waals surface area contributed by atoms with Gasteiger partial charge in [0, 0.05) is 87.8 Å². The second kappa shape index (κ2) is 36.0. The fourth-order valence-electron chi connectivity index (χ4n) is 15.2. The van der Waals surface area contributed by atoms with Crippen LogP contribution in [0.25, 0.3) is 179 Å². The van der Waals surface area contributed by atoms with E-state index in [1.165, 1.54) is 24.1 Å². The van der Waals surface area contributed by atoms with Gasteiger partial charge in [0.25, 0.3) is 0 Å². The molecule has 0 amide bonds. The Labute approximate surface area is 717 Å². The molecule has 0 aliphatic heterocycles. The van der Waals surface area contributed by atoms with Gasteiger partial charge < -0.3 is 19.9 Å². The number of benzene rings is 14. The summed E-state index contributed by atoms with van der Waals surface area (Å²) in [7, 11) is 0. The molecule has 2 radical (unpaired) electrons. The monoisotopic (exact) mass is 1900 g/mol. The van der Waals surface area contributed by atoms with Crippen molar-refractivity contribution in [1.82, 2.24) is 19.9 Å². The maximum atomic E-state index is 15.0. The summed E-state index contributed by atoms with van der Waals surface area (Å²) < 4.78 is 68.4. The van der Waals surface area contributed by atoms with Crippen molar-refractivity contribution in [3.8, 4) is 179 Å². The van der Waals surface area contributed by atoms with E-state index in [1.54, 1.807) is 18.5 Å². The number of aryl methyl sites for hydroxylation is 2. The first kappa shape index (κ1) is 80.8. The predicted molar refractivity (Wildman–Crippen MR) is 466 cm³/mol. The van der Waals surface area contributed by atoms with Crippen LogP contribution < -0.4 is 0 Å². The Bertz CT molecular complexity index is 6610. The molecule has 0 aliphatic carbocycles. The van der Waals surface area contributed by atoms with Gasteiger partial charge in [-0.3, -0.25) is 8.78 Å². The van der Waals surface area contributed by atoms with Crippen molar-refractivity contribution < 1.29 is 62.2 Å². The average Bonchev–Trinajstić information content (AvgIpc) is 0.772. The molecular weight excluding hydrogens is 1830 g/mol. The number of rotatable bonds is 16. The van der Waals surface area contributed by atoms with E-state index >= 15 is 0 Å². The summed E-state index contributed by atoms with van der Waals surface area (Å²) in [6.07, 6.45) is 3.07.